The molecule has 0 spiro atoms. The molecular weight excluding hydrogens is 176 g/mol. The third-order valence-electron chi connectivity index (χ3n) is 2.30. The van der Waals surface area contributed by atoms with Gasteiger partial charge in [-0.25, -0.2) is 4.98 Å². The Hall–Kier alpha value is -1.77. The highest BCUT2D eigenvalue weighted by Crippen LogP contribution is 2.27. The van der Waals surface area contributed by atoms with Crippen LogP contribution >= 0.6 is 0 Å². The highest BCUT2D eigenvalue weighted by Gasteiger charge is 2.05. The van der Waals surface area contributed by atoms with Gasteiger partial charge in [0, 0.05) is 5.56 Å². The standard InChI is InChI=1S/C11H12N2O/c1-7-3-9(4-8(2)11(7)14)10-5-12-6-13-10/h3-6,14H,1-2H3,(H,12,13). The molecule has 0 saturated heterocycles. The minimum Gasteiger partial charge on any atom is -0.507 e. The lowest BCUT2D eigenvalue weighted by atomic mass is 10.0. The molecule has 0 unspecified atom stereocenters. The van der Waals surface area contributed by atoms with E-state index in [9.17, 15) is 5.11 Å². The van der Waals surface area contributed by atoms with Crippen molar-refractivity contribution in [3.8, 4) is 17.0 Å². The molecule has 0 atom stereocenters. The van der Waals surface area contributed by atoms with E-state index in [1.807, 2.05) is 26.0 Å². The van der Waals surface area contributed by atoms with Gasteiger partial charge in [0.1, 0.15) is 5.75 Å². The van der Waals surface area contributed by atoms with E-state index in [0.717, 1.165) is 22.4 Å². The van der Waals surface area contributed by atoms with Crippen LogP contribution in [-0.4, -0.2) is 15.1 Å². The number of nitrogens with zero attached hydrogens (tertiary/aromatic N) is 1. The van der Waals surface area contributed by atoms with Crippen LogP contribution in [0.3, 0.4) is 0 Å². The Kier molecular flexibility index (Phi) is 2.00. The number of aromatic amines is 1. The summed E-state index contributed by atoms with van der Waals surface area (Å²) in [6.45, 7) is 3.78. The fourth-order valence-corrected chi connectivity index (χ4v) is 1.53. The molecule has 1 aromatic carbocycles. The van der Waals surface area contributed by atoms with E-state index in [-0.39, 0.29) is 0 Å². The Labute approximate surface area is 82.4 Å². The van der Waals surface area contributed by atoms with E-state index in [4.69, 9.17) is 0 Å². The van der Waals surface area contributed by atoms with Crippen molar-refractivity contribution in [2.75, 3.05) is 0 Å². The Morgan fingerprint density at radius 1 is 1.21 bits per heavy atom. The van der Waals surface area contributed by atoms with Crippen LogP contribution in [0.5, 0.6) is 5.75 Å². The number of imidazole rings is 1. The number of rotatable bonds is 1. The predicted octanol–water partition coefficient (Wildman–Crippen LogP) is 2.40. The van der Waals surface area contributed by atoms with Crippen LogP contribution in [-0.2, 0) is 0 Å². The maximum atomic E-state index is 9.60. The van der Waals surface area contributed by atoms with Crippen LogP contribution in [0.1, 0.15) is 11.1 Å². The molecule has 0 bridgehead atoms. The maximum absolute atomic E-state index is 9.60. The molecule has 0 aliphatic heterocycles. The minimum absolute atomic E-state index is 0.369. The number of H-pyrrole nitrogens is 1. The minimum atomic E-state index is 0.369. The lowest BCUT2D eigenvalue weighted by Gasteiger charge is -2.05. The average Bonchev–Trinajstić information content (AvgIpc) is 2.66. The van der Waals surface area contributed by atoms with Gasteiger partial charge in [0.25, 0.3) is 0 Å². The second-order valence-corrected chi connectivity index (χ2v) is 3.42. The quantitative estimate of drug-likeness (QED) is 0.722. The number of phenols is 1. The van der Waals surface area contributed by atoms with Gasteiger partial charge >= 0.3 is 0 Å². The van der Waals surface area contributed by atoms with Crippen molar-refractivity contribution in [3.05, 3.63) is 35.8 Å². The highest BCUT2D eigenvalue weighted by molar-refractivity contribution is 5.63. The van der Waals surface area contributed by atoms with Gasteiger partial charge in [-0.15, -0.1) is 0 Å². The van der Waals surface area contributed by atoms with Crippen LogP contribution in [0.15, 0.2) is 24.7 Å². The van der Waals surface area contributed by atoms with Gasteiger partial charge in [-0.1, -0.05) is 0 Å². The third kappa shape index (κ3) is 1.37. The van der Waals surface area contributed by atoms with Crippen LogP contribution in [0.25, 0.3) is 11.3 Å². The molecule has 1 aromatic heterocycles. The summed E-state index contributed by atoms with van der Waals surface area (Å²) in [5.41, 5.74) is 3.79. The van der Waals surface area contributed by atoms with E-state index < -0.39 is 0 Å². The van der Waals surface area contributed by atoms with Gasteiger partial charge in [-0.2, -0.15) is 0 Å². The monoisotopic (exact) mass is 188 g/mol. The molecule has 2 aromatic rings. The van der Waals surface area contributed by atoms with Crippen LogP contribution in [0, 0.1) is 13.8 Å². The molecule has 0 saturated carbocycles. The first-order valence-electron chi connectivity index (χ1n) is 4.47. The summed E-state index contributed by atoms with van der Waals surface area (Å²) in [4.78, 5) is 7.00. The first kappa shape index (κ1) is 8.81. The van der Waals surface area contributed by atoms with E-state index >= 15 is 0 Å². The van der Waals surface area contributed by atoms with E-state index in [1.54, 1.807) is 12.5 Å². The predicted molar refractivity (Wildman–Crippen MR) is 55.2 cm³/mol. The van der Waals surface area contributed by atoms with E-state index in [1.165, 1.54) is 0 Å². The number of hydrogen-bond acceptors (Lipinski definition) is 2. The summed E-state index contributed by atoms with van der Waals surface area (Å²) in [5, 5.41) is 9.60. The van der Waals surface area contributed by atoms with Crippen LogP contribution < -0.4 is 0 Å². The zero-order chi connectivity index (χ0) is 10.1. The number of benzene rings is 1. The van der Waals surface area contributed by atoms with Gasteiger partial charge in [0.15, 0.2) is 0 Å². The third-order valence-corrected chi connectivity index (χ3v) is 2.30. The number of phenolic OH excluding ortho intramolecular Hbond substituents is 1. The molecule has 0 amide bonds. The summed E-state index contributed by atoms with van der Waals surface area (Å²) in [5.74, 6) is 0.369. The van der Waals surface area contributed by atoms with Crippen molar-refractivity contribution in [2.45, 2.75) is 13.8 Å². The maximum Gasteiger partial charge on any atom is 0.121 e. The molecular formula is C11H12N2O. The Balaban J connectivity index is 2.57. The molecule has 72 valence electrons. The molecule has 0 fully saturated rings. The summed E-state index contributed by atoms with van der Waals surface area (Å²) in [6.07, 6.45) is 3.41. The number of aromatic nitrogens is 2. The number of hydrogen-bond donors (Lipinski definition) is 2. The van der Waals surface area contributed by atoms with Crippen molar-refractivity contribution in [2.24, 2.45) is 0 Å². The topological polar surface area (TPSA) is 48.9 Å². The molecule has 14 heavy (non-hydrogen) atoms. The van der Waals surface area contributed by atoms with Gasteiger partial charge in [-0.3, -0.25) is 0 Å². The Morgan fingerprint density at radius 2 is 1.86 bits per heavy atom. The molecule has 2 rings (SSSR count). The summed E-state index contributed by atoms with van der Waals surface area (Å²) in [7, 11) is 0. The zero-order valence-corrected chi connectivity index (χ0v) is 8.20. The van der Waals surface area contributed by atoms with Crippen LogP contribution in [0.2, 0.25) is 0 Å². The molecule has 0 aliphatic rings. The van der Waals surface area contributed by atoms with Gasteiger partial charge < -0.3 is 10.1 Å². The second-order valence-electron chi connectivity index (χ2n) is 3.42. The van der Waals surface area contributed by atoms with Gasteiger partial charge in [-0.05, 0) is 37.1 Å². The van der Waals surface area contributed by atoms with Crippen molar-refractivity contribution in [1.82, 2.24) is 9.97 Å². The lowest BCUT2D eigenvalue weighted by Crippen LogP contribution is -1.84. The van der Waals surface area contributed by atoms with Crippen LogP contribution in [0.4, 0.5) is 0 Å². The van der Waals surface area contributed by atoms with Gasteiger partial charge in [0.05, 0.1) is 18.2 Å². The number of aryl methyl sites for hydroxylation is 2. The van der Waals surface area contributed by atoms with Crippen molar-refractivity contribution in [3.63, 3.8) is 0 Å². The smallest absolute Gasteiger partial charge is 0.121 e. The second kappa shape index (κ2) is 3.18. The zero-order valence-electron chi connectivity index (χ0n) is 8.20. The van der Waals surface area contributed by atoms with Crippen molar-refractivity contribution < 1.29 is 5.11 Å². The Bertz CT molecular complexity index is 423. The summed E-state index contributed by atoms with van der Waals surface area (Å²) >= 11 is 0. The normalized spacial score (nSPS) is 10.4. The van der Waals surface area contributed by atoms with E-state index in [2.05, 4.69) is 9.97 Å². The fraction of sp³-hybridized carbons (Fsp3) is 0.182. The fourth-order valence-electron chi connectivity index (χ4n) is 1.53. The Morgan fingerprint density at radius 3 is 2.36 bits per heavy atom. The summed E-state index contributed by atoms with van der Waals surface area (Å²) < 4.78 is 0. The molecule has 3 nitrogen and oxygen atoms in total. The molecule has 0 radical (unpaired) electrons. The largest absolute Gasteiger partial charge is 0.507 e. The summed E-state index contributed by atoms with van der Waals surface area (Å²) in [6, 6.07) is 3.88. The van der Waals surface area contributed by atoms with Crippen molar-refractivity contribution in [1.29, 1.82) is 0 Å². The SMILES string of the molecule is Cc1cc(-c2cnc[nH]2)cc(C)c1O. The first-order valence-corrected chi connectivity index (χ1v) is 4.47. The lowest BCUT2D eigenvalue weighted by molar-refractivity contribution is 0.467. The first-order chi connectivity index (χ1) is 6.68. The molecule has 3 heteroatoms. The molecule has 2 N–H and O–H groups in total. The van der Waals surface area contributed by atoms with Crippen molar-refractivity contribution >= 4 is 0 Å². The van der Waals surface area contributed by atoms with E-state index in [0.29, 0.717) is 5.75 Å². The highest BCUT2D eigenvalue weighted by atomic mass is 16.3. The number of aromatic hydroxyl groups is 1. The number of nitrogens with one attached hydrogen (secondary N) is 1. The average molecular weight is 188 g/mol. The molecule has 0 aliphatic carbocycles. The van der Waals surface area contributed by atoms with Gasteiger partial charge in [0.2, 0.25) is 0 Å². The molecule has 1 heterocycles.